The van der Waals surface area contributed by atoms with Crippen molar-refractivity contribution in [2.45, 2.75) is 26.1 Å². The molecule has 1 aromatic rings. The molecule has 0 fully saturated rings. The van der Waals surface area contributed by atoms with E-state index in [-0.39, 0.29) is 0 Å². The lowest BCUT2D eigenvalue weighted by Gasteiger charge is -2.23. The number of methoxy groups -OCH3 is 1. The topological polar surface area (TPSA) is 50.7 Å². The Labute approximate surface area is 109 Å². The van der Waals surface area contributed by atoms with Gasteiger partial charge in [-0.25, -0.2) is 0 Å². The highest BCUT2D eigenvalue weighted by Gasteiger charge is 2.19. The van der Waals surface area contributed by atoms with Gasteiger partial charge in [-0.15, -0.1) is 0 Å². The zero-order chi connectivity index (χ0) is 13.4. The van der Waals surface area contributed by atoms with E-state index in [0.29, 0.717) is 19.8 Å². The van der Waals surface area contributed by atoms with Crippen LogP contribution in [-0.2, 0) is 11.3 Å². The van der Waals surface area contributed by atoms with Gasteiger partial charge in [0, 0.05) is 6.54 Å². The van der Waals surface area contributed by atoms with Gasteiger partial charge in [0.15, 0.2) is 0 Å². The zero-order valence-electron chi connectivity index (χ0n) is 11.4. The highest BCUT2D eigenvalue weighted by molar-refractivity contribution is 5.26. The van der Waals surface area contributed by atoms with Crippen molar-refractivity contribution in [3.05, 3.63) is 29.8 Å². The van der Waals surface area contributed by atoms with Gasteiger partial charge in [0.2, 0.25) is 0 Å². The fraction of sp³-hybridized carbons (Fsp3) is 0.571. The van der Waals surface area contributed by atoms with Crippen molar-refractivity contribution in [2.24, 2.45) is 0 Å². The molecule has 102 valence electrons. The minimum atomic E-state index is -0.831. The van der Waals surface area contributed by atoms with Crippen LogP contribution in [0.2, 0.25) is 0 Å². The van der Waals surface area contributed by atoms with E-state index in [0.717, 1.165) is 17.9 Å². The van der Waals surface area contributed by atoms with Crippen LogP contribution in [0, 0.1) is 0 Å². The van der Waals surface area contributed by atoms with Crippen molar-refractivity contribution >= 4 is 0 Å². The fourth-order valence-corrected chi connectivity index (χ4v) is 1.56. The maximum Gasteiger partial charge on any atom is 0.118 e. The molecule has 0 heterocycles. The molecule has 4 nitrogen and oxygen atoms in total. The van der Waals surface area contributed by atoms with E-state index in [2.05, 4.69) is 5.32 Å². The van der Waals surface area contributed by atoms with E-state index in [1.807, 2.05) is 31.2 Å². The molecular formula is C14H23NO3. The molecule has 1 unspecified atom stereocenters. The average Bonchev–Trinajstić information content (AvgIpc) is 2.37. The van der Waals surface area contributed by atoms with Gasteiger partial charge in [0.25, 0.3) is 0 Å². The molecule has 4 heteroatoms. The number of benzene rings is 1. The fourth-order valence-electron chi connectivity index (χ4n) is 1.56. The van der Waals surface area contributed by atoms with Gasteiger partial charge in [-0.3, -0.25) is 0 Å². The molecule has 0 aliphatic heterocycles. The first-order valence-electron chi connectivity index (χ1n) is 6.21. The molecule has 2 N–H and O–H groups in total. The first kappa shape index (κ1) is 15.0. The molecule has 0 aliphatic carbocycles. The standard InChI is InChI=1S/C14H23NO3/c1-4-15-10-14(2,16)11-18-9-12-5-7-13(17-3)8-6-12/h5-8,15-16H,4,9-11H2,1-3H3. The molecular weight excluding hydrogens is 230 g/mol. The normalized spacial score (nSPS) is 14.2. The van der Waals surface area contributed by atoms with Gasteiger partial charge in [-0.1, -0.05) is 19.1 Å². The Morgan fingerprint density at radius 2 is 1.94 bits per heavy atom. The van der Waals surface area contributed by atoms with Crippen LogP contribution in [0.15, 0.2) is 24.3 Å². The van der Waals surface area contributed by atoms with Crippen molar-refractivity contribution in [3.63, 3.8) is 0 Å². The van der Waals surface area contributed by atoms with Crippen LogP contribution < -0.4 is 10.1 Å². The molecule has 0 amide bonds. The number of hydrogen-bond donors (Lipinski definition) is 2. The van der Waals surface area contributed by atoms with Gasteiger partial charge in [0.1, 0.15) is 5.75 Å². The molecule has 0 spiro atoms. The highest BCUT2D eigenvalue weighted by atomic mass is 16.5. The first-order valence-corrected chi connectivity index (χ1v) is 6.21. The Hall–Kier alpha value is -1.10. The van der Waals surface area contributed by atoms with E-state index in [1.54, 1.807) is 14.0 Å². The van der Waals surface area contributed by atoms with Crippen LogP contribution in [0.25, 0.3) is 0 Å². The lowest BCUT2D eigenvalue weighted by Crippen LogP contribution is -2.41. The summed E-state index contributed by atoms with van der Waals surface area (Å²) in [5.74, 6) is 0.831. The lowest BCUT2D eigenvalue weighted by atomic mass is 10.1. The number of nitrogens with one attached hydrogen (secondary N) is 1. The van der Waals surface area contributed by atoms with Crippen molar-refractivity contribution in [3.8, 4) is 5.75 Å². The SMILES string of the molecule is CCNCC(C)(O)COCc1ccc(OC)cc1. The quantitative estimate of drug-likeness (QED) is 0.738. The van der Waals surface area contributed by atoms with Gasteiger partial charge in [-0.2, -0.15) is 0 Å². The number of ether oxygens (including phenoxy) is 2. The van der Waals surface area contributed by atoms with E-state index in [1.165, 1.54) is 0 Å². The minimum Gasteiger partial charge on any atom is -0.497 e. The summed E-state index contributed by atoms with van der Waals surface area (Å²) in [6, 6.07) is 7.71. The second-order valence-electron chi connectivity index (χ2n) is 4.62. The molecule has 0 saturated heterocycles. The molecule has 0 radical (unpaired) electrons. The third-order valence-electron chi connectivity index (χ3n) is 2.60. The molecule has 1 aromatic carbocycles. The van der Waals surface area contributed by atoms with Crippen molar-refractivity contribution < 1.29 is 14.6 Å². The number of hydrogen-bond acceptors (Lipinski definition) is 4. The highest BCUT2D eigenvalue weighted by Crippen LogP contribution is 2.12. The second kappa shape index (κ2) is 7.36. The molecule has 0 bridgehead atoms. The minimum absolute atomic E-state index is 0.312. The second-order valence-corrected chi connectivity index (χ2v) is 4.62. The molecule has 1 rings (SSSR count). The largest absolute Gasteiger partial charge is 0.497 e. The van der Waals surface area contributed by atoms with Crippen molar-refractivity contribution in [1.29, 1.82) is 0 Å². The maximum absolute atomic E-state index is 10.00. The Kier molecular flexibility index (Phi) is 6.12. The summed E-state index contributed by atoms with van der Waals surface area (Å²) in [4.78, 5) is 0. The molecule has 0 aliphatic rings. The van der Waals surface area contributed by atoms with Crippen molar-refractivity contribution in [1.82, 2.24) is 5.32 Å². The molecule has 0 aromatic heterocycles. The summed E-state index contributed by atoms with van der Waals surface area (Å²) in [5, 5.41) is 13.1. The smallest absolute Gasteiger partial charge is 0.118 e. The van der Waals surface area contributed by atoms with Crippen LogP contribution >= 0.6 is 0 Å². The number of likely N-dealkylation sites (N-methyl/N-ethyl adjacent to an activating group) is 1. The van der Waals surface area contributed by atoms with Crippen molar-refractivity contribution in [2.75, 3.05) is 26.8 Å². The summed E-state index contributed by atoms with van der Waals surface area (Å²) >= 11 is 0. The van der Waals surface area contributed by atoms with Gasteiger partial charge in [0.05, 0.1) is 25.9 Å². The third kappa shape index (κ3) is 5.49. The van der Waals surface area contributed by atoms with Crippen LogP contribution in [-0.4, -0.2) is 37.5 Å². The van der Waals surface area contributed by atoms with Crippen LogP contribution in [0.4, 0.5) is 0 Å². The van der Waals surface area contributed by atoms with E-state index in [9.17, 15) is 5.11 Å². The van der Waals surface area contributed by atoms with E-state index < -0.39 is 5.60 Å². The molecule has 0 saturated carbocycles. The van der Waals surface area contributed by atoms with Gasteiger partial charge in [-0.05, 0) is 31.2 Å². The Bertz CT molecular complexity index is 335. The summed E-state index contributed by atoms with van der Waals surface area (Å²) in [6.07, 6.45) is 0. The Balaban J connectivity index is 2.31. The lowest BCUT2D eigenvalue weighted by molar-refractivity contribution is -0.0377. The van der Waals surface area contributed by atoms with Crippen LogP contribution in [0.1, 0.15) is 19.4 Å². The molecule has 18 heavy (non-hydrogen) atoms. The maximum atomic E-state index is 10.00. The van der Waals surface area contributed by atoms with Gasteiger partial charge < -0.3 is 19.9 Å². The Morgan fingerprint density at radius 3 is 2.50 bits per heavy atom. The zero-order valence-corrected chi connectivity index (χ0v) is 11.4. The van der Waals surface area contributed by atoms with Crippen LogP contribution in [0.3, 0.4) is 0 Å². The predicted octanol–water partition coefficient (Wildman–Crippen LogP) is 1.57. The van der Waals surface area contributed by atoms with E-state index in [4.69, 9.17) is 9.47 Å². The van der Waals surface area contributed by atoms with Crippen LogP contribution in [0.5, 0.6) is 5.75 Å². The average molecular weight is 253 g/mol. The predicted molar refractivity (Wildman–Crippen MR) is 71.8 cm³/mol. The number of aliphatic hydroxyl groups is 1. The first-order chi connectivity index (χ1) is 8.57. The Morgan fingerprint density at radius 1 is 1.28 bits per heavy atom. The summed E-state index contributed by atoms with van der Waals surface area (Å²) in [7, 11) is 1.64. The van der Waals surface area contributed by atoms with Gasteiger partial charge >= 0.3 is 0 Å². The third-order valence-corrected chi connectivity index (χ3v) is 2.60. The molecule has 1 atom stereocenters. The monoisotopic (exact) mass is 253 g/mol. The summed E-state index contributed by atoms with van der Waals surface area (Å²) < 4.78 is 10.6. The summed E-state index contributed by atoms with van der Waals surface area (Å²) in [5.41, 5.74) is 0.234. The number of rotatable bonds is 8. The summed E-state index contributed by atoms with van der Waals surface area (Å²) in [6.45, 7) is 5.96. The van der Waals surface area contributed by atoms with E-state index >= 15 is 0 Å².